The third-order valence-electron chi connectivity index (χ3n) is 3.55. The number of carboxylic acids is 1. The summed E-state index contributed by atoms with van der Waals surface area (Å²) in [5.74, 6) is -1.67. The number of ether oxygens (including phenoxy) is 1. The second-order valence-electron chi connectivity index (χ2n) is 4.99. The van der Waals surface area contributed by atoms with Crippen molar-refractivity contribution in [3.8, 4) is 0 Å². The molecule has 0 spiro atoms. The number of likely N-dealkylation sites (N-methyl/N-ethyl adjacent to an activating group) is 1. The predicted molar refractivity (Wildman–Crippen MR) is 60.5 cm³/mol. The van der Waals surface area contributed by atoms with Crippen molar-refractivity contribution >= 4 is 11.9 Å². The molecule has 1 saturated carbocycles. The summed E-state index contributed by atoms with van der Waals surface area (Å²) < 4.78 is 5.56. The summed E-state index contributed by atoms with van der Waals surface area (Å²) in [6.45, 7) is 1.36. The lowest BCUT2D eigenvalue weighted by molar-refractivity contribution is -0.142. The van der Waals surface area contributed by atoms with Crippen LogP contribution in [0.5, 0.6) is 0 Å². The summed E-state index contributed by atoms with van der Waals surface area (Å²) >= 11 is 0. The minimum absolute atomic E-state index is 0.0495. The molecule has 2 aliphatic rings. The zero-order valence-corrected chi connectivity index (χ0v) is 10.1. The Hall–Kier alpha value is -1.10. The lowest BCUT2D eigenvalue weighted by Crippen LogP contribution is -2.38. The van der Waals surface area contributed by atoms with Gasteiger partial charge in [-0.2, -0.15) is 0 Å². The maximum absolute atomic E-state index is 11.9. The fraction of sp³-hybridized carbons (Fsp3) is 0.833. The highest BCUT2D eigenvalue weighted by molar-refractivity contribution is 5.89. The van der Waals surface area contributed by atoms with Gasteiger partial charge < -0.3 is 14.7 Å². The Kier molecular flexibility index (Phi) is 3.66. The first-order valence-electron chi connectivity index (χ1n) is 6.19. The van der Waals surface area contributed by atoms with Crippen molar-refractivity contribution in [3.63, 3.8) is 0 Å². The third-order valence-corrected chi connectivity index (χ3v) is 3.55. The zero-order chi connectivity index (χ0) is 12.4. The van der Waals surface area contributed by atoms with Crippen LogP contribution in [0.4, 0.5) is 0 Å². The molecule has 0 bridgehead atoms. The summed E-state index contributed by atoms with van der Waals surface area (Å²) in [6.07, 6.45) is 3.85. The van der Waals surface area contributed by atoms with E-state index in [0.29, 0.717) is 13.0 Å². The van der Waals surface area contributed by atoms with Crippen molar-refractivity contribution in [2.45, 2.75) is 31.8 Å². The van der Waals surface area contributed by atoms with Gasteiger partial charge in [-0.25, -0.2) is 0 Å². The fourth-order valence-corrected chi connectivity index (χ4v) is 2.37. The summed E-state index contributed by atoms with van der Waals surface area (Å²) in [7, 11) is 1.73. The molecule has 0 aromatic heterocycles. The van der Waals surface area contributed by atoms with Gasteiger partial charge in [-0.3, -0.25) is 9.59 Å². The average molecular weight is 241 g/mol. The van der Waals surface area contributed by atoms with Gasteiger partial charge in [0.1, 0.15) is 0 Å². The number of aliphatic carboxylic acids is 1. The van der Waals surface area contributed by atoms with Crippen LogP contribution >= 0.6 is 0 Å². The molecule has 0 aromatic carbocycles. The number of nitrogens with zero attached hydrogens (tertiary/aromatic N) is 1. The van der Waals surface area contributed by atoms with E-state index in [1.807, 2.05) is 0 Å². The highest BCUT2D eigenvalue weighted by Gasteiger charge is 2.49. The molecule has 5 nitrogen and oxygen atoms in total. The molecule has 96 valence electrons. The van der Waals surface area contributed by atoms with Gasteiger partial charge >= 0.3 is 5.97 Å². The molecular weight excluding hydrogens is 222 g/mol. The molecule has 5 heteroatoms. The molecule has 17 heavy (non-hydrogen) atoms. The molecule has 0 radical (unpaired) electrons. The molecule has 3 unspecified atom stereocenters. The number of rotatable bonds is 4. The largest absolute Gasteiger partial charge is 0.481 e. The van der Waals surface area contributed by atoms with Crippen LogP contribution in [0.15, 0.2) is 0 Å². The van der Waals surface area contributed by atoms with Gasteiger partial charge in [-0.1, -0.05) is 0 Å². The highest BCUT2D eigenvalue weighted by atomic mass is 16.5. The van der Waals surface area contributed by atoms with E-state index in [1.54, 1.807) is 11.9 Å². The molecule has 0 aromatic rings. The van der Waals surface area contributed by atoms with Crippen LogP contribution in [0.3, 0.4) is 0 Å². The van der Waals surface area contributed by atoms with E-state index in [4.69, 9.17) is 9.84 Å². The molecule has 1 heterocycles. The van der Waals surface area contributed by atoms with Gasteiger partial charge in [0.25, 0.3) is 0 Å². The summed E-state index contributed by atoms with van der Waals surface area (Å²) in [5, 5.41) is 8.78. The Morgan fingerprint density at radius 2 is 2.12 bits per heavy atom. The minimum Gasteiger partial charge on any atom is -0.481 e. The second-order valence-corrected chi connectivity index (χ2v) is 4.99. The first kappa shape index (κ1) is 12.4. The first-order valence-corrected chi connectivity index (χ1v) is 6.19. The van der Waals surface area contributed by atoms with Crippen molar-refractivity contribution in [1.29, 1.82) is 0 Å². The van der Waals surface area contributed by atoms with Crippen LogP contribution in [0.1, 0.15) is 25.7 Å². The van der Waals surface area contributed by atoms with E-state index in [9.17, 15) is 9.59 Å². The van der Waals surface area contributed by atoms with Crippen LogP contribution in [0.25, 0.3) is 0 Å². The lowest BCUT2D eigenvalue weighted by atomic mass is 10.1. The van der Waals surface area contributed by atoms with Crippen LogP contribution in [-0.2, 0) is 14.3 Å². The zero-order valence-electron chi connectivity index (χ0n) is 10.1. The van der Waals surface area contributed by atoms with E-state index < -0.39 is 11.9 Å². The number of hydrogen-bond acceptors (Lipinski definition) is 3. The van der Waals surface area contributed by atoms with E-state index in [0.717, 1.165) is 25.9 Å². The second kappa shape index (κ2) is 5.04. The van der Waals surface area contributed by atoms with Gasteiger partial charge in [0.05, 0.1) is 17.9 Å². The number of amides is 1. The smallest absolute Gasteiger partial charge is 0.307 e. The Bertz CT molecular complexity index is 312. The number of carbonyl (C=O) groups is 2. The number of hydrogen-bond donors (Lipinski definition) is 1. The average Bonchev–Trinajstić information content (AvgIpc) is 3.09. The standard InChI is InChI=1S/C12H19NO4/c1-13(7-8-4-2-3-5-17-8)11(14)9-6-10(9)12(15)16/h8-10H,2-7H2,1H3,(H,15,16). The maximum Gasteiger partial charge on any atom is 0.307 e. The number of carbonyl (C=O) groups excluding carboxylic acids is 1. The van der Waals surface area contributed by atoms with Gasteiger partial charge in [0, 0.05) is 20.2 Å². The molecule has 1 saturated heterocycles. The summed E-state index contributed by atoms with van der Waals surface area (Å²) in [4.78, 5) is 24.2. The molecule has 1 aliphatic carbocycles. The van der Waals surface area contributed by atoms with E-state index in [2.05, 4.69) is 0 Å². The predicted octanol–water partition coefficient (Wildman–Crippen LogP) is 0.735. The normalized spacial score (nSPS) is 31.9. The Morgan fingerprint density at radius 3 is 2.65 bits per heavy atom. The van der Waals surface area contributed by atoms with Crippen LogP contribution in [-0.4, -0.2) is 48.2 Å². The third kappa shape index (κ3) is 2.97. The minimum atomic E-state index is -0.856. The van der Waals surface area contributed by atoms with Gasteiger partial charge in [-0.15, -0.1) is 0 Å². The molecule has 1 aliphatic heterocycles. The fourth-order valence-electron chi connectivity index (χ4n) is 2.37. The SMILES string of the molecule is CN(CC1CCCCO1)C(=O)C1CC1C(=O)O. The molecule has 2 fully saturated rings. The van der Waals surface area contributed by atoms with E-state index >= 15 is 0 Å². The van der Waals surface area contributed by atoms with Gasteiger partial charge in [0.2, 0.25) is 5.91 Å². The Labute approximate surface area is 101 Å². The number of carboxylic acid groups (broad SMARTS) is 1. The maximum atomic E-state index is 11.9. The lowest BCUT2D eigenvalue weighted by Gasteiger charge is -2.27. The first-order chi connectivity index (χ1) is 8.09. The van der Waals surface area contributed by atoms with Crippen molar-refractivity contribution < 1.29 is 19.4 Å². The molecular formula is C12H19NO4. The molecule has 1 amide bonds. The summed E-state index contributed by atoms with van der Waals surface area (Å²) in [6, 6.07) is 0. The van der Waals surface area contributed by atoms with Crippen LogP contribution in [0, 0.1) is 11.8 Å². The Morgan fingerprint density at radius 1 is 1.35 bits per heavy atom. The monoisotopic (exact) mass is 241 g/mol. The van der Waals surface area contributed by atoms with E-state index in [1.165, 1.54) is 0 Å². The topological polar surface area (TPSA) is 66.8 Å². The van der Waals surface area contributed by atoms with Crippen molar-refractivity contribution in [2.75, 3.05) is 20.2 Å². The Balaban J connectivity index is 1.77. The van der Waals surface area contributed by atoms with Crippen molar-refractivity contribution in [2.24, 2.45) is 11.8 Å². The van der Waals surface area contributed by atoms with Crippen LogP contribution < -0.4 is 0 Å². The molecule has 2 rings (SSSR count). The van der Waals surface area contributed by atoms with Crippen LogP contribution in [0.2, 0.25) is 0 Å². The highest BCUT2D eigenvalue weighted by Crippen LogP contribution is 2.39. The van der Waals surface area contributed by atoms with Gasteiger partial charge in [0.15, 0.2) is 0 Å². The van der Waals surface area contributed by atoms with Crippen molar-refractivity contribution in [1.82, 2.24) is 4.90 Å². The van der Waals surface area contributed by atoms with Gasteiger partial charge in [-0.05, 0) is 25.7 Å². The molecule has 3 atom stereocenters. The van der Waals surface area contributed by atoms with Crippen molar-refractivity contribution in [3.05, 3.63) is 0 Å². The quantitative estimate of drug-likeness (QED) is 0.788. The summed E-state index contributed by atoms with van der Waals surface area (Å²) in [5.41, 5.74) is 0. The molecule has 1 N–H and O–H groups in total. The van der Waals surface area contributed by atoms with E-state index in [-0.39, 0.29) is 17.9 Å².